The van der Waals surface area contributed by atoms with E-state index in [4.69, 9.17) is 4.74 Å². The van der Waals surface area contributed by atoms with Crippen LogP contribution in [0.5, 0.6) is 0 Å². The summed E-state index contributed by atoms with van der Waals surface area (Å²) in [5.41, 5.74) is 0.717. The summed E-state index contributed by atoms with van der Waals surface area (Å²) in [7, 11) is 0. The second-order valence-corrected chi connectivity index (χ2v) is 9.66. The fourth-order valence-electron chi connectivity index (χ4n) is 4.82. The molecule has 1 aliphatic carbocycles. The Morgan fingerprint density at radius 3 is 2.55 bits per heavy atom. The van der Waals surface area contributed by atoms with Gasteiger partial charge in [-0.3, -0.25) is 9.69 Å². The van der Waals surface area contributed by atoms with E-state index in [1.807, 2.05) is 56.3 Å². The number of amides is 1. The third-order valence-corrected chi connectivity index (χ3v) is 7.97. The number of hydrogen-bond acceptors (Lipinski definition) is 5. The number of rotatable bonds is 7. The summed E-state index contributed by atoms with van der Waals surface area (Å²) in [5.74, 6) is 0.00702. The molecule has 0 radical (unpaired) electrons. The molecule has 2 aromatic rings. The Hall–Kier alpha value is -1.86. The van der Waals surface area contributed by atoms with E-state index in [2.05, 4.69) is 22.3 Å². The largest absolute Gasteiger partial charge is 0.392 e. The number of para-hydroxylation sites is 1. The maximum atomic E-state index is 13.1. The molecule has 1 spiro atoms. The molecule has 1 saturated carbocycles. The second-order valence-electron chi connectivity index (χ2n) is 8.54. The highest BCUT2D eigenvalue weighted by Crippen LogP contribution is 2.51. The summed E-state index contributed by atoms with van der Waals surface area (Å²) in [6, 6.07) is 17.9. The molecule has 2 fully saturated rings. The zero-order valence-corrected chi connectivity index (χ0v) is 19.1. The van der Waals surface area contributed by atoms with Gasteiger partial charge in [0.15, 0.2) is 0 Å². The number of carbonyl (C=O) groups is 1. The zero-order valence-electron chi connectivity index (χ0n) is 18.3. The van der Waals surface area contributed by atoms with Crippen molar-refractivity contribution in [3.63, 3.8) is 0 Å². The summed E-state index contributed by atoms with van der Waals surface area (Å²) in [6.45, 7) is 6.26. The van der Waals surface area contributed by atoms with Crippen LogP contribution in [0.1, 0.15) is 33.1 Å². The van der Waals surface area contributed by atoms with Gasteiger partial charge in [0.05, 0.1) is 23.9 Å². The Bertz CT molecular complexity index is 881. The Balaban J connectivity index is 1.37. The van der Waals surface area contributed by atoms with Crippen LogP contribution >= 0.6 is 11.8 Å². The first-order valence-corrected chi connectivity index (χ1v) is 12.0. The fraction of sp³-hybridized carbons (Fsp3) is 0.480. The number of ether oxygens (including phenoxy) is 1. The van der Waals surface area contributed by atoms with E-state index in [1.54, 1.807) is 11.8 Å². The molecular weight excluding hydrogens is 408 g/mol. The summed E-state index contributed by atoms with van der Waals surface area (Å²) < 4.78 is 5.87. The Morgan fingerprint density at radius 2 is 1.87 bits per heavy atom. The molecule has 0 bridgehead atoms. The minimum absolute atomic E-state index is 0.00702. The molecule has 3 atom stereocenters. The molecule has 0 aromatic heterocycles. The summed E-state index contributed by atoms with van der Waals surface area (Å²) in [4.78, 5) is 17.5. The van der Waals surface area contributed by atoms with E-state index in [-0.39, 0.29) is 29.6 Å². The number of aliphatic hydroxyl groups is 1. The molecule has 2 aromatic carbocycles. The fourth-order valence-corrected chi connectivity index (χ4v) is 5.74. The van der Waals surface area contributed by atoms with Crippen molar-refractivity contribution in [2.75, 3.05) is 25.0 Å². The lowest BCUT2D eigenvalue weighted by Gasteiger charge is -2.57. The van der Waals surface area contributed by atoms with Crippen LogP contribution in [0.2, 0.25) is 0 Å². The minimum Gasteiger partial charge on any atom is -0.392 e. The van der Waals surface area contributed by atoms with Crippen molar-refractivity contribution in [3.05, 3.63) is 54.6 Å². The summed E-state index contributed by atoms with van der Waals surface area (Å²) >= 11 is 1.65. The van der Waals surface area contributed by atoms with Crippen molar-refractivity contribution in [2.24, 2.45) is 5.41 Å². The number of anilines is 1. The molecule has 1 heterocycles. The predicted octanol–water partition coefficient (Wildman–Crippen LogP) is 4.42. The van der Waals surface area contributed by atoms with Gasteiger partial charge in [-0.1, -0.05) is 42.1 Å². The van der Waals surface area contributed by atoms with Crippen molar-refractivity contribution in [1.82, 2.24) is 4.90 Å². The molecule has 1 amide bonds. The third-order valence-electron chi connectivity index (χ3n) is 6.88. The van der Waals surface area contributed by atoms with Crippen LogP contribution in [0, 0.1) is 5.41 Å². The highest BCUT2D eigenvalue weighted by Gasteiger charge is 2.56. The molecule has 166 valence electrons. The van der Waals surface area contributed by atoms with Crippen LogP contribution in [-0.2, 0) is 9.53 Å². The smallest absolute Gasteiger partial charge is 0.241 e. The van der Waals surface area contributed by atoms with Crippen molar-refractivity contribution in [3.8, 4) is 0 Å². The number of nitrogens with one attached hydrogen (secondary N) is 1. The quantitative estimate of drug-likeness (QED) is 0.668. The highest BCUT2D eigenvalue weighted by atomic mass is 32.2. The highest BCUT2D eigenvalue weighted by molar-refractivity contribution is 7.99. The van der Waals surface area contributed by atoms with Crippen LogP contribution in [0.25, 0.3) is 0 Å². The molecule has 1 saturated heterocycles. The van der Waals surface area contributed by atoms with E-state index < -0.39 is 0 Å². The number of carbonyl (C=O) groups excluding carboxylic acids is 1. The topological polar surface area (TPSA) is 61.8 Å². The van der Waals surface area contributed by atoms with E-state index in [9.17, 15) is 9.90 Å². The SMILES string of the molecule is CCO[C@@H]1C[C@H](O)C12CCN([C@H](C)C(=O)Nc1ccccc1Sc1ccccc1)CC2. The third kappa shape index (κ3) is 4.67. The summed E-state index contributed by atoms with van der Waals surface area (Å²) in [5, 5.41) is 13.6. The van der Waals surface area contributed by atoms with Crippen molar-refractivity contribution in [1.29, 1.82) is 0 Å². The number of likely N-dealkylation sites (tertiary alicyclic amines) is 1. The van der Waals surface area contributed by atoms with Crippen LogP contribution in [-0.4, -0.2) is 53.9 Å². The van der Waals surface area contributed by atoms with Gasteiger partial charge >= 0.3 is 0 Å². The van der Waals surface area contributed by atoms with Crippen LogP contribution in [0.15, 0.2) is 64.4 Å². The molecule has 6 heteroatoms. The number of nitrogens with zero attached hydrogens (tertiary/aromatic N) is 1. The van der Waals surface area contributed by atoms with Crippen LogP contribution < -0.4 is 5.32 Å². The molecule has 31 heavy (non-hydrogen) atoms. The van der Waals surface area contributed by atoms with Gasteiger partial charge < -0.3 is 15.2 Å². The number of benzene rings is 2. The van der Waals surface area contributed by atoms with Gasteiger partial charge in [-0.15, -0.1) is 0 Å². The monoisotopic (exact) mass is 440 g/mol. The molecule has 2 aliphatic rings. The van der Waals surface area contributed by atoms with E-state index in [1.165, 1.54) is 0 Å². The molecule has 4 rings (SSSR count). The first kappa shape index (κ1) is 22.3. The van der Waals surface area contributed by atoms with Crippen molar-refractivity contribution in [2.45, 2.75) is 61.2 Å². The number of piperidine rings is 1. The predicted molar refractivity (Wildman–Crippen MR) is 124 cm³/mol. The van der Waals surface area contributed by atoms with Gasteiger partial charge in [-0.2, -0.15) is 0 Å². The van der Waals surface area contributed by atoms with Gasteiger partial charge in [0.2, 0.25) is 5.91 Å². The average Bonchev–Trinajstić information content (AvgIpc) is 2.80. The lowest BCUT2D eigenvalue weighted by Crippen LogP contribution is -2.63. The maximum absolute atomic E-state index is 13.1. The average molecular weight is 441 g/mol. The van der Waals surface area contributed by atoms with E-state index in [0.717, 1.165) is 47.8 Å². The minimum atomic E-state index is -0.280. The van der Waals surface area contributed by atoms with Gasteiger partial charge in [0.25, 0.3) is 0 Å². The van der Waals surface area contributed by atoms with Crippen molar-refractivity contribution >= 4 is 23.4 Å². The number of hydrogen-bond donors (Lipinski definition) is 2. The Kier molecular flexibility index (Phi) is 7.02. The molecular formula is C25H32N2O3S. The first-order chi connectivity index (χ1) is 15.0. The molecule has 0 unspecified atom stereocenters. The lowest BCUT2D eigenvalue weighted by atomic mass is 9.58. The normalized spacial score (nSPS) is 23.8. The molecule has 1 aliphatic heterocycles. The molecule has 5 nitrogen and oxygen atoms in total. The summed E-state index contributed by atoms with van der Waals surface area (Å²) in [6.07, 6.45) is 2.35. The van der Waals surface area contributed by atoms with Crippen LogP contribution in [0.4, 0.5) is 5.69 Å². The van der Waals surface area contributed by atoms with E-state index >= 15 is 0 Å². The van der Waals surface area contributed by atoms with Crippen molar-refractivity contribution < 1.29 is 14.6 Å². The standard InChI is InChI=1S/C25H32N2O3S/c1-3-30-23-17-22(28)25(23)13-15-27(16-14-25)18(2)24(29)26-20-11-7-8-12-21(20)31-19-9-5-4-6-10-19/h4-12,18,22-23,28H,3,13-17H2,1-2H3,(H,26,29)/t18-,22+,23-/m1/s1. The van der Waals surface area contributed by atoms with Gasteiger partial charge in [-0.25, -0.2) is 0 Å². The van der Waals surface area contributed by atoms with Crippen LogP contribution in [0.3, 0.4) is 0 Å². The van der Waals surface area contributed by atoms with E-state index in [0.29, 0.717) is 6.61 Å². The number of aliphatic hydroxyl groups excluding tert-OH is 1. The first-order valence-electron chi connectivity index (χ1n) is 11.2. The van der Waals surface area contributed by atoms with Gasteiger partial charge in [0.1, 0.15) is 0 Å². The molecule has 2 N–H and O–H groups in total. The van der Waals surface area contributed by atoms with Gasteiger partial charge in [-0.05, 0) is 64.0 Å². The maximum Gasteiger partial charge on any atom is 0.241 e. The Labute approximate surface area is 189 Å². The second kappa shape index (κ2) is 9.74. The Morgan fingerprint density at radius 1 is 1.19 bits per heavy atom. The lowest BCUT2D eigenvalue weighted by molar-refractivity contribution is -0.210. The van der Waals surface area contributed by atoms with Gasteiger partial charge in [0, 0.05) is 28.2 Å². The zero-order chi connectivity index (χ0) is 21.8.